The minimum absolute atomic E-state index is 0.0510. The predicted octanol–water partition coefficient (Wildman–Crippen LogP) is 7.53. The molecule has 0 amide bonds. The van der Waals surface area contributed by atoms with Crippen molar-refractivity contribution in [1.29, 1.82) is 0 Å². The van der Waals surface area contributed by atoms with Gasteiger partial charge in [0.2, 0.25) is 0 Å². The van der Waals surface area contributed by atoms with Gasteiger partial charge in [-0.05, 0) is 49.2 Å². The van der Waals surface area contributed by atoms with Crippen molar-refractivity contribution >= 4 is 35.4 Å². The number of rotatable bonds is 8. The summed E-state index contributed by atoms with van der Waals surface area (Å²) in [5.74, 6) is 0. The van der Waals surface area contributed by atoms with Gasteiger partial charge in [0.15, 0.2) is 0 Å². The first-order valence-electron chi connectivity index (χ1n) is 12.7. The van der Waals surface area contributed by atoms with E-state index in [4.69, 9.17) is 9.68 Å². The normalized spacial score (nSPS) is 12.7. The molecular weight excluding hydrogens is 630 g/mol. The van der Waals surface area contributed by atoms with Crippen molar-refractivity contribution in [2.45, 2.75) is 48.8 Å². The highest BCUT2D eigenvalue weighted by Gasteiger charge is 2.32. The molecule has 10 nitrogen and oxygen atoms in total. The summed E-state index contributed by atoms with van der Waals surface area (Å²) < 4.78 is 81.2. The van der Waals surface area contributed by atoms with Crippen LogP contribution in [0, 0.1) is 13.8 Å². The SMILES string of the molecule is Cc1cn(C(=O)O/N=C(\CC(F)(F)F)c2ccc(Sc3ccc(/C(CC(F)(F)F)=N/OC(=O)n4cnc(C)c4)cc3)cc2)cn1. The molecule has 2 aromatic carbocycles. The van der Waals surface area contributed by atoms with Crippen molar-refractivity contribution in [2.24, 2.45) is 10.3 Å². The van der Waals surface area contributed by atoms with E-state index in [2.05, 4.69) is 20.3 Å². The molecule has 45 heavy (non-hydrogen) atoms. The van der Waals surface area contributed by atoms with Gasteiger partial charge in [0.1, 0.15) is 12.7 Å². The van der Waals surface area contributed by atoms with E-state index in [1.54, 1.807) is 13.8 Å². The van der Waals surface area contributed by atoms with Crippen LogP contribution in [0.1, 0.15) is 35.4 Å². The average Bonchev–Trinajstić information content (AvgIpc) is 3.61. The third kappa shape index (κ3) is 10.1. The molecule has 4 rings (SSSR count). The van der Waals surface area contributed by atoms with Crippen LogP contribution >= 0.6 is 11.8 Å². The van der Waals surface area contributed by atoms with Gasteiger partial charge < -0.3 is 0 Å². The molecule has 0 bridgehead atoms. The van der Waals surface area contributed by atoms with Crippen LogP contribution < -0.4 is 0 Å². The topological polar surface area (TPSA) is 113 Å². The van der Waals surface area contributed by atoms with Crippen LogP contribution in [0.3, 0.4) is 0 Å². The highest BCUT2D eigenvalue weighted by Crippen LogP contribution is 2.30. The lowest BCUT2D eigenvalue weighted by molar-refractivity contribution is -0.122. The first-order valence-corrected chi connectivity index (χ1v) is 13.6. The minimum atomic E-state index is -4.64. The van der Waals surface area contributed by atoms with E-state index in [1.165, 1.54) is 72.7 Å². The van der Waals surface area contributed by atoms with Crippen LogP contribution in [0.5, 0.6) is 0 Å². The lowest BCUT2D eigenvalue weighted by atomic mass is 10.1. The van der Waals surface area contributed by atoms with Crippen molar-refractivity contribution in [1.82, 2.24) is 19.1 Å². The second-order valence-electron chi connectivity index (χ2n) is 9.37. The molecule has 236 valence electrons. The summed E-state index contributed by atoms with van der Waals surface area (Å²) in [5, 5.41) is 6.88. The van der Waals surface area contributed by atoms with E-state index in [-0.39, 0.29) is 11.1 Å². The number of halogens is 6. The molecule has 0 fully saturated rings. The lowest BCUT2D eigenvalue weighted by Gasteiger charge is -2.11. The standard InChI is InChI=1S/C28H22F6N6O4S/c1-17-13-39(15-35-17)25(41)43-37-23(11-27(29,30)31)19-3-7-21(8-4-19)45-22-9-5-20(6-10-22)24(12-28(32,33)34)38-44-26(42)40-14-18(2)36-16-40/h3-10,13-16H,11-12H2,1-2H3/b37-23+,38-24+. The Morgan fingerprint density at radius 3 is 1.33 bits per heavy atom. The molecule has 0 saturated carbocycles. The smallest absolute Gasteiger partial charge is 0.297 e. The maximum Gasteiger partial charge on any atom is 0.445 e. The summed E-state index contributed by atoms with van der Waals surface area (Å²) in [7, 11) is 0. The molecule has 0 aliphatic heterocycles. The number of oxime groups is 2. The molecule has 0 aliphatic carbocycles. The van der Waals surface area contributed by atoms with Gasteiger partial charge in [-0.15, -0.1) is 0 Å². The molecular formula is C28H22F6N6O4S. The van der Waals surface area contributed by atoms with E-state index in [0.717, 1.165) is 21.8 Å². The molecule has 2 heterocycles. The molecule has 0 saturated heterocycles. The predicted molar refractivity (Wildman–Crippen MR) is 149 cm³/mol. The molecule has 17 heteroatoms. The van der Waals surface area contributed by atoms with E-state index in [9.17, 15) is 35.9 Å². The number of hydrogen-bond acceptors (Lipinski definition) is 9. The summed E-state index contributed by atoms with van der Waals surface area (Å²) >= 11 is 1.17. The first-order chi connectivity index (χ1) is 21.1. The van der Waals surface area contributed by atoms with Crippen molar-refractivity contribution < 1.29 is 45.6 Å². The Kier molecular flexibility index (Phi) is 10.1. The zero-order valence-electron chi connectivity index (χ0n) is 23.3. The van der Waals surface area contributed by atoms with Gasteiger partial charge in [0, 0.05) is 22.2 Å². The molecule has 2 aromatic heterocycles. The van der Waals surface area contributed by atoms with Crippen LogP contribution in [0.2, 0.25) is 0 Å². The Bertz CT molecular complexity index is 1580. The van der Waals surface area contributed by atoms with Gasteiger partial charge >= 0.3 is 24.5 Å². The largest absolute Gasteiger partial charge is 0.445 e. The number of carbonyl (C=O) groups excluding carboxylic acids is 2. The number of benzene rings is 2. The first kappa shape index (κ1) is 33.0. The minimum Gasteiger partial charge on any atom is -0.297 e. The van der Waals surface area contributed by atoms with E-state index >= 15 is 0 Å². The van der Waals surface area contributed by atoms with Crippen molar-refractivity contribution in [2.75, 3.05) is 0 Å². The molecule has 0 aliphatic rings. The molecule has 4 aromatic rings. The van der Waals surface area contributed by atoms with E-state index < -0.39 is 48.8 Å². The number of hydrogen-bond donors (Lipinski definition) is 0. The van der Waals surface area contributed by atoms with Gasteiger partial charge in [-0.2, -0.15) is 26.3 Å². The summed E-state index contributed by atoms with van der Waals surface area (Å²) in [5.41, 5.74) is 0.0189. The monoisotopic (exact) mass is 652 g/mol. The van der Waals surface area contributed by atoms with Gasteiger partial charge in [0.25, 0.3) is 0 Å². The van der Waals surface area contributed by atoms with Crippen molar-refractivity contribution in [3.05, 3.63) is 96.1 Å². The number of imidazole rings is 2. The van der Waals surface area contributed by atoms with E-state index in [1.807, 2.05) is 0 Å². The highest BCUT2D eigenvalue weighted by molar-refractivity contribution is 7.99. The zero-order valence-corrected chi connectivity index (χ0v) is 24.2. The van der Waals surface area contributed by atoms with Gasteiger partial charge in [-0.3, -0.25) is 9.68 Å². The van der Waals surface area contributed by atoms with Crippen molar-refractivity contribution in [3.8, 4) is 0 Å². The highest BCUT2D eigenvalue weighted by atomic mass is 32.2. The molecule has 0 unspecified atom stereocenters. The zero-order chi connectivity index (χ0) is 32.8. The van der Waals surface area contributed by atoms with Gasteiger partial charge in [-0.1, -0.05) is 46.3 Å². The Labute approximate surface area is 255 Å². The van der Waals surface area contributed by atoms with Gasteiger partial charge in [-0.25, -0.2) is 28.7 Å². The molecule has 0 atom stereocenters. The van der Waals surface area contributed by atoms with Crippen LogP contribution in [0.25, 0.3) is 0 Å². The Balaban J connectivity index is 1.47. The number of carbonyl (C=O) groups is 2. The fourth-order valence-electron chi connectivity index (χ4n) is 3.65. The Hall–Kier alpha value is -4.93. The van der Waals surface area contributed by atoms with Gasteiger partial charge in [0.05, 0.1) is 35.7 Å². The number of alkyl halides is 6. The van der Waals surface area contributed by atoms with Crippen LogP contribution in [0.15, 0.2) is 93.7 Å². The summed E-state index contributed by atoms with van der Waals surface area (Å²) in [6.45, 7) is 3.22. The third-order valence-corrected chi connectivity index (χ3v) is 6.68. The number of nitrogens with zero attached hydrogens (tertiary/aromatic N) is 6. The number of aromatic nitrogens is 4. The summed E-state index contributed by atoms with van der Waals surface area (Å²) in [6, 6.07) is 11.5. The Morgan fingerprint density at radius 1 is 0.689 bits per heavy atom. The number of aryl methyl sites for hydroxylation is 2. The lowest BCUT2D eigenvalue weighted by Crippen LogP contribution is -2.18. The van der Waals surface area contributed by atoms with E-state index in [0.29, 0.717) is 21.2 Å². The molecule has 0 spiro atoms. The third-order valence-electron chi connectivity index (χ3n) is 5.66. The summed E-state index contributed by atoms with van der Waals surface area (Å²) in [4.78, 5) is 42.4. The second kappa shape index (κ2) is 13.8. The Morgan fingerprint density at radius 2 is 1.04 bits per heavy atom. The van der Waals surface area contributed by atoms with Crippen LogP contribution in [0.4, 0.5) is 35.9 Å². The fourth-order valence-corrected chi connectivity index (χ4v) is 4.46. The maximum atomic E-state index is 13.2. The quantitative estimate of drug-likeness (QED) is 0.0837. The fraction of sp³-hybridized carbons (Fsp3) is 0.214. The van der Waals surface area contributed by atoms with Crippen LogP contribution in [-0.4, -0.2) is 55.1 Å². The summed E-state index contributed by atoms with van der Waals surface area (Å²) in [6.07, 6.45) is -9.37. The average molecular weight is 653 g/mol. The molecule has 0 N–H and O–H groups in total. The maximum absolute atomic E-state index is 13.2. The second-order valence-corrected chi connectivity index (χ2v) is 10.5. The van der Waals surface area contributed by atoms with Crippen molar-refractivity contribution in [3.63, 3.8) is 0 Å². The van der Waals surface area contributed by atoms with Crippen LogP contribution in [-0.2, 0) is 9.68 Å². The molecule has 0 radical (unpaired) electrons.